The van der Waals surface area contributed by atoms with E-state index in [0.29, 0.717) is 28.7 Å². The van der Waals surface area contributed by atoms with E-state index in [9.17, 15) is 9.59 Å². The Balaban J connectivity index is 1.44. The van der Waals surface area contributed by atoms with Crippen molar-refractivity contribution >= 4 is 46.8 Å². The fourth-order valence-corrected chi connectivity index (χ4v) is 3.41. The first-order valence-corrected chi connectivity index (χ1v) is 10.8. The van der Waals surface area contributed by atoms with E-state index < -0.39 is 0 Å². The van der Waals surface area contributed by atoms with Gasteiger partial charge in [-0.1, -0.05) is 41.4 Å². The lowest BCUT2D eigenvalue weighted by atomic mass is 10.2. The average molecular weight is 462 g/mol. The van der Waals surface area contributed by atoms with E-state index in [1.165, 1.54) is 6.08 Å². The number of nitrogens with zero attached hydrogens (tertiary/aromatic N) is 1. The molecule has 31 heavy (non-hydrogen) atoms. The molecule has 0 spiro atoms. The van der Waals surface area contributed by atoms with Crippen LogP contribution < -0.4 is 10.6 Å². The van der Waals surface area contributed by atoms with Gasteiger partial charge in [-0.3, -0.25) is 14.5 Å². The van der Waals surface area contributed by atoms with Crippen LogP contribution in [-0.4, -0.2) is 49.6 Å². The Morgan fingerprint density at radius 1 is 1.06 bits per heavy atom. The molecule has 0 atom stereocenters. The van der Waals surface area contributed by atoms with Crippen molar-refractivity contribution in [3.63, 3.8) is 0 Å². The zero-order valence-corrected chi connectivity index (χ0v) is 18.6. The molecular weight excluding hydrogens is 437 g/mol. The molecule has 164 valence electrons. The number of benzene rings is 2. The molecule has 0 aliphatic carbocycles. The monoisotopic (exact) mass is 461 g/mol. The standard InChI is InChI=1S/C23H25Cl2N3O3/c24-20-6-4-17(15-21(20)25)5-7-22(29)26-16-18-2-1-3-19(14-18)27-23(30)8-9-28-10-12-31-13-11-28/h1-7,14-15H,8-13,16H2,(H,26,29)(H,27,30)/b7-5-. The molecule has 6 nitrogen and oxygen atoms in total. The van der Waals surface area contributed by atoms with Gasteiger partial charge in [-0.15, -0.1) is 0 Å². The molecular formula is C23H25Cl2N3O3. The zero-order valence-electron chi connectivity index (χ0n) is 17.1. The lowest BCUT2D eigenvalue weighted by Crippen LogP contribution is -2.38. The Labute approximate surface area is 192 Å². The minimum Gasteiger partial charge on any atom is -0.379 e. The Kier molecular flexibility index (Phi) is 8.91. The van der Waals surface area contributed by atoms with Crippen LogP contribution in [0.15, 0.2) is 48.5 Å². The van der Waals surface area contributed by atoms with E-state index in [-0.39, 0.29) is 11.8 Å². The Hall–Kier alpha value is -2.38. The highest BCUT2D eigenvalue weighted by Gasteiger charge is 2.12. The highest BCUT2D eigenvalue weighted by molar-refractivity contribution is 6.42. The summed E-state index contributed by atoms with van der Waals surface area (Å²) in [7, 11) is 0. The first-order valence-electron chi connectivity index (χ1n) is 10.1. The Bertz CT molecular complexity index is 943. The Morgan fingerprint density at radius 3 is 2.65 bits per heavy atom. The van der Waals surface area contributed by atoms with Crippen molar-refractivity contribution in [2.75, 3.05) is 38.2 Å². The fraction of sp³-hybridized carbons (Fsp3) is 0.304. The number of anilines is 1. The molecule has 1 fully saturated rings. The quantitative estimate of drug-likeness (QED) is 0.583. The van der Waals surface area contributed by atoms with E-state index in [0.717, 1.165) is 44.0 Å². The number of rotatable bonds is 8. The van der Waals surface area contributed by atoms with Crippen molar-refractivity contribution in [2.45, 2.75) is 13.0 Å². The van der Waals surface area contributed by atoms with E-state index in [1.807, 2.05) is 24.3 Å². The minimum absolute atomic E-state index is 0.0303. The van der Waals surface area contributed by atoms with Gasteiger partial charge in [0.25, 0.3) is 0 Å². The number of amides is 2. The first-order chi connectivity index (χ1) is 15.0. The van der Waals surface area contributed by atoms with Crippen molar-refractivity contribution in [3.05, 3.63) is 69.7 Å². The first kappa shape index (κ1) is 23.3. The number of ether oxygens (including phenoxy) is 1. The summed E-state index contributed by atoms with van der Waals surface area (Å²) in [6.07, 6.45) is 3.54. The van der Waals surface area contributed by atoms with Crippen LogP contribution in [0.1, 0.15) is 17.5 Å². The van der Waals surface area contributed by atoms with Crippen molar-refractivity contribution in [2.24, 2.45) is 0 Å². The Morgan fingerprint density at radius 2 is 1.87 bits per heavy atom. The van der Waals surface area contributed by atoms with Gasteiger partial charge in [0.2, 0.25) is 11.8 Å². The number of hydrogen-bond acceptors (Lipinski definition) is 4. The molecule has 1 aliphatic heterocycles. The lowest BCUT2D eigenvalue weighted by molar-refractivity contribution is -0.117. The van der Waals surface area contributed by atoms with Crippen LogP contribution in [-0.2, 0) is 20.9 Å². The lowest BCUT2D eigenvalue weighted by Gasteiger charge is -2.26. The summed E-state index contributed by atoms with van der Waals surface area (Å²) in [5.41, 5.74) is 2.39. The molecule has 2 amide bonds. The molecule has 3 rings (SSSR count). The molecule has 2 aromatic rings. The summed E-state index contributed by atoms with van der Waals surface area (Å²) >= 11 is 11.9. The van der Waals surface area contributed by atoms with Gasteiger partial charge in [0.1, 0.15) is 0 Å². The van der Waals surface area contributed by atoms with Gasteiger partial charge < -0.3 is 15.4 Å². The number of carbonyl (C=O) groups is 2. The summed E-state index contributed by atoms with van der Waals surface area (Å²) in [6, 6.07) is 12.6. The van der Waals surface area contributed by atoms with Crippen molar-refractivity contribution in [1.82, 2.24) is 10.2 Å². The predicted molar refractivity (Wildman–Crippen MR) is 124 cm³/mol. The molecule has 0 bridgehead atoms. The van der Waals surface area contributed by atoms with E-state index in [4.69, 9.17) is 27.9 Å². The van der Waals surface area contributed by atoms with Crippen LogP contribution >= 0.6 is 23.2 Å². The topological polar surface area (TPSA) is 70.7 Å². The summed E-state index contributed by atoms with van der Waals surface area (Å²) < 4.78 is 5.32. The molecule has 1 heterocycles. The summed E-state index contributed by atoms with van der Waals surface area (Å²) in [4.78, 5) is 26.6. The van der Waals surface area contributed by atoms with Crippen LogP contribution in [0.25, 0.3) is 6.08 Å². The number of nitrogens with one attached hydrogen (secondary N) is 2. The average Bonchev–Trinajstić information content (AvgIpc) is 2.78. The number of morpholine rings is 1. The largest absolute Gasteiger partial charge is 0.379 e. The smallest absolute Gasteiger partial charge is 0.244 e. The molecule has 8 heteroatoms. The van der Waals surface area contributed by atoms with Crippen LogP contribution in [0.3, 0.4) is 0 Å². The molecule has 0 aromatic heterocycles. The maximum absolute atomic E-state index is 12.2. The second-order valence-corrected chi connectivity index (χ2v) is 7.99. The molecule has 2 aromatic carbocycles. The molecule has 0 radical (unpaired) electrons. The van der Waals surface area contributed by atoms with Crippen LogP contribution in [0, 0.1) is 0 Å². The maximum Gasteiger partial charge on any atom is 0.244 e. The second kappa shape index (κ2) is 11.9. The van der Waals surface area contributed by atoms with Gasteiger partial charge in [0.05, 0.1) is 23.3 Å². The van der Waals surface area contributed by atoms with Crippen LogP contribution in [0.2, 0.25) is 10.0 Å². The molecule has 2 N–H and O–H groups in total. The molecule has 0 saturated carbocycles. The second-order valence-electron chi connectivity index (χ2n) is 7.18. The predicted octanol–water partition coefficient (Wildman–Crippen LogP) is 3.98. The summed E-state index contributed by atoms with van der Waals surface area (Å²) in [5, 5.41) is 6.65. The third-order valence-corrected chi connectivity index (χ3v) is 5.55. The minimum atomic E-state index is -0.231. The third-order valence-electron chi connectivity index (χ3n) is 4.81. The number of carbonyl (C=O) groups excluding carboxylic acids is 2. The highest BCUT2D eigenvalue weighted by atomic mass is 35.5. The normalized spacial score (nSPS) is 14.5. The van der Waals surface area contributed by atoms with Crippen molar-refractivity contribution in [3.8, 4) is 0 Å². The highest BCUT2D eigenvalue weighted by Crippen LogP contribution is 2.23. The number of halogens is 2. The number of hydrogen-bond donors (Lipinski definition) is 2. The third kappa shape index (κ3) is 7.99. The summed E-state index contributed by atoms with van der Waals surface area (Å²) in [5.74, 6) is -0.261. The maximum atomic E-state index is 12.2. The SMILES string of the molecule is O=C(/C=C\c1ccc(Cl)c(Cl)c1)NCc1cccc(NC(=O)CCN2CCOCC2)c1. The van der Waals surface area contributed by atoms with Gasteiger partial charge in [-0.05, 0) is 41.5 Å². The van der Waals surface area contributed by atoms with Gasteiger partial charge in [-0.2, -0.15) is 0 Å². The van der Waals surface area contributed by atoms with Crippen LogP contribution in [0.4, 0.5) is 5.69 Å². The van der Waals surface area contributed by atoms with Crippen molar-refractivity contribution < 1.29 is 14.3 Å². The van der Waals surface area contributed by atoms with Crippen molar-refractivity contribution in [1.29, 1.82) is 0 Å². The molecule has 1 saturated heterocycles. The van der Waals surface area contributed by atoms with Gasteiger partial charge in [0, 0.05) is 44.4 Å². The van der Waals surface area contributed by atoms with Gasteiger partial charge in [0.15, 0.2) is 0 Å². The van der Waals surface area contributed by atoms with E-state index >= 15 is 0 Å². The van der Waals surface area contributed by atoms with Gasteiger partial charge in [-0.25, -0.2) is 0 Å². The zero-order chi connectivity index (χ0) is 22.1. The molecule has 1 aliphatic rings. The summed E-state index contributed by atoms with van der Waals surface area (Å²) in [6.45, 7) is 4.23. The van der Waals surface area contributed by atoms with E-state index in [1.54, 1.807) is 24.3 Å². The van der Waals surface area contributed by atoms with Gasteiger partial charge >= 0.3 is 0 Å². The van der Waals surface area contributed by atoms with Crippen LogP contribution in [0.5, 0.6) is 0 Å². The van der Waals surface area contributed by atoms with E-state index in [2.05, 4.69) is 15.5 Å². The fourth-order valence-electron chi connectivity index (χ4n) is 3.10. The molecule has 0 unspecified atom stereocenters.